The van der Waals surface area contributed by atoms with Gasteiger partial charge in [-0.1, -0.05) is 84.9 Å². The van der Waals surface area contributed by atoms with Crippen LogP contribution in [0.2, 0.25) is 0 Å². The van der Waals surface area contributed by atoms with Gasteiger partial charge in [0.25, 0.3) is 0 Å². The van der Waals surface area contributed by atoms with E-state index < -0.39 is 5.41 Å². The molecule has 0 atom stereocenters. The number of carbonyl (C=O) groups excluding carboxylic acids is 1. The highest BCUT2D eigenvalue weighted by Gasteiger charge is 2.37. The van der Waals surface area contributed by atoms with Gasteiger partial charge in [-0.15, -0.1) is 0 Å². The SMILES string of the molecule is CC(C)(C)CC(C)(C)C1=CC(=N)C(=O)C(C(C)(C)c2ccccc2)=C1. The zero-order valence-corrected chi connectivity index (χ0v) is 16.7. The highest BCUT2D eigenvalue weighted by molar-refractivity contribution is 6.50. The molecule has 1 N–H and O–H groups in total. The van der Waals surface area contributed by atoms with Gasteiger partial charge < -0.3 is 0 Å². The Morgan fingerprint density at radius 2 is 1.44 bits per heavy atom. The zero-order chi connectivity index (χ0) is 19.0. The van der Waals surface area contributed by atoms with Crippen LogP contribution in [0.1, 0.15) is 60.5 Å². The number of rotatable bonds is 4. The monoisotopic (exact) mass is 337 g/mol. The molecule has 1 aromatic rings. The average molecular weight is 338 g/mol. The first kappa shape index (κ1) is 19.4. The molecule has 1 aliphatic rings. The normalized spacial score (nSPS) is 16.6. The molecule has 0 amide bonds. The molecule has 0 unspecified atom stereocenters. The number of allylic oxidation sites excluding steroid dienone is 4. The van der Waals surface area contributed by atoms with Gasteiger partial charge in [0.1, 0.15) is 5.71 Å². The lowest BCUT2D eigenvalue weighted by atomic mass is 9.67. The van der Waals surface area contributed by atoms with Gasteiger partial charge in [-0.05, 0) is 34.5 Å². The van der Waals surface area contributed by atoms with Crippen molar-refractivity contribution in [1.29, 1.82) is 5.41 Å². The Labute approximate surface area is 152 Å². The molecule has 0 bridgehead atoms. The third kappa shape index (κ3) is 4.18. The van der Waals surface area contributed by atoms with Crippen LogP contribution in [-0.2, 0) is 10.2 Å². The molecule has 25 heavy (non-hydrogen) atoms. The van der Waals surface area contributed by atoms with E-state index in [9.17, 15) is 4.79 Å². The highest BCUT2D eigenvalue weighted by Crippen LogP contribution is 2.43. The van der Waals surface area contributed by atoms with Crippen molar-refractivity contribution in [1.82, 2.24) is 0 Å². The maximum Gasteiger partial charge on any atom is 0.207 e. The fraction of sp³-hybridized carbons (Fsp3) is 0.478. The maximum atomic E-state index is 12.8. The van der Waals surface area contributed by atoms with Crippen LogP contribution in [0.25, 0.3) is 0 Å². The van der Waals surface area contributed by atoms with Gasteiger partial charge in [-0.2, -0.15) is 0 Å². The summed E-state index contributed by atoms with van der Waals surface area (Å²) >= 11 is 0. The Bertz CT molecular complexity index is 740. The fourth-order valence-corrected chi connectivity index (χ4v) is 3.92. The smallest absolute Gasteiger partial charge is 0.207 e. The first-order valence-electron chi connectivity index (χ1n) is 8.98. The standard InChI is InChI=1S/C23H31NO/c1-21(2,3)15-22(4,5)17-13-18(20(25)19(24)14-17)23(6,7)16-11-9-8-10-12-16/h8-14,24H,15H2,1-7H3. The Hall–Kier alpha value is -1.96. The Morgan fingerprint density at radius 1 is 0.880 bits per heavy atom. The van der Waals surface area contributed by atoms with Crippen molar-refractivity contribution < 1.29 is 4.79 Å². The van der Waals surface area contributed by atoms with Crippen LogP contribution in [0.15, 0.2) is 53.6 Å². The molecule has 0 fully saturated rings. The van der Waals surface area contributed by atoms with Crippen molar-refractivity contribution >= 4 is 11.5 Å². The molecule has 0 heterocycles. The second-order valence-electron chi connectivity index (χ2n) is 9.51. The molecule has 2 heteroatoms. The van der Waals surface area contributed by atoms with Crippen LogP contribution in [0.5, 0.6) is 0 Å². The molecule has 0 radical (unpaired) electrons. The van der Waals surface area contributed by atoms with Gasteiger partial charge in [-0.3, -0.25) is 10.2 Å². The molecule has 0 spiro atoms. The first-order chi connectivity index (χ1) is 11.3. The molecule has 1 aliphatic carbocycles. The van der Waals surface area contributed by atoms with Crippen molar-refractivity contribution in [2.24, 2.45) is 10.8 Å². The summed E-state index contributed by atoms with van der Waals surface area (Å²) in [5, 5.41) is 8.24. The summed E-state index contributed by atoms with van der Waals surface area (Å²) in [6.07, 6.45) is 4.79. The summed E-state index contributed by atoms with van der Waals surface area (Å²) in [5.41, 5.74) is 2.63. The molecule has 134 valence electrons. The lowest BCUT2D eigenvalue weighted by Crippen LogP contribution is -2.34. The van der Waals surface area contributed by atoms with Crippen molar-refractivity contribution in [2.45, 2.75) is 60.3 Å². The molecule has 2 nitrogen and oxygen atoms in total. The van der Waals surface area contributed by atoms with Crippen molar-refractivity contribution in [2.75, 3.05) is 0 Å². The van der Waals surface area contributed by atoms with E-state index in [0.717, 1.165) is 17.6 Å². The van der Waals surface area contributed by atoms with E-state index in [1.165, 1.54) is 0 Å². The van der Waals surface area contributed by atoms with Crippen LogP contribution in [-0.4, -0.2) is 11.5 Å². The molecule has 0 aliphatic heterocycles. The minimum absolute atomic E-state index is 0.0940. The number of carbonyl (C=O) groups is 1. The van der Waals surface area contributed by atoms with Gasteiger partial charge in [0.05, 0.1) is 0 Å². The second-order valence-corrected chi connectivity index (χ2v) is 9.51. The lowest BCUT2D eigenvalue weighted by Gasteiger charge is -2.37. The van der Waals surface area contributed by atoms with Crippen molar-refractivity contribution in [3.05, 3.63) is 59.2 Å². The Kier molecular flexibility index (Phi) is 4.96. The van der Waals surface area contributed by atoms with Crippen LogP contribution in [0, 0.1) is 16.2 Å². The Morgan fingerprint density at radius 3 is 1.96 bits per heavy atom. The molecule has 0 saturated carbocycles. The van der Waals surface area contributed by atoms with Crippen LogP contribution in [0.3, 0.4) is 0 Å². The summed E-state index contributed by atoms with van der Waals surface area (Å²) in [5.74, 6) is -0.163. The second kappa shape index (κ2) is 6.40. The zero-order valence-electron chi connectivity index (χ0n) is 16.7. The number of benzene rings is 1. The first-order valence-corrected chi connectivity index (χ1v) is 8.98. The lowest BCUT2D eigenvalue weighted by molar-refractivity contribution is -0.110. The molecular formula is C23H31NO. The van der Waals surface area contributed by atoms with Gasteiger partial charge in [0, 0.05) is 11.0 Å². The van der Waals surface area contributed by atoms with Crippen molar-refractivity contribution in [3.63, 3.8) is 0 Å². The predicted molar refractivity (Wildman–Crippen MR) is 106 cm³/mol. The number of hydrogen-bond acceptors (Lipinski definition) is 2. The highest BCUT2D eigenvalue weighted by atomic mass is 16.1. The average Bonchev–Trinajstić information content (AvgIpc) is 2.48. The summed E-state index contributed by atoms with van der Waals surface area (Å²) < 4.78 is 0. The van der Waals surface area contributed by atoms with E-state index in [1.807, 2.05) is 24.3 Å². The summed E-state index contributed by atoms with van der Waals surface area (Å²) in [4.78, 5) is 12.8. The molecule has 1 aromatic carbocycles. The molecule has 0 saturated heterocycles. The van der Waals surface area contributed by atoms with Gasteiger partial charge in [-0.25, -0.2) is 0 Å². The largest absolute Gasteiger partial charge is 0.297 e. The number of ketones is 1. The van der Waals surface area contributed by atoms with E-state index in [4.69, 9.17) is 5.41 Å². The van der Waals surface area contributed by atoms with E-state index in [-0.39, 0.29) is 22.3 Å². The Balaban J connectivity index is 2.51. The summed E-state index contributed by atoms with van der Waals surface area (Å²) in [6, 6.07) is 10.1. The van der Waals surface area contributed by atoms with Crippen LogP contribution >= 0.6 is 0 Å². The minimum Gasteiger partial charge on any atom is -0.297 e. The minimum atomic E-state index is -0.429. The van der Waals surface area contributed by atoms with Crippen LogP contribution in [0.4, 0.5) is 0 Å². The van der Waals surface area contributed by atoms with Crippen molar-refractivity contribution in [3.8, 4) is 0 Å². The summed E-state index contributed by atoms with van der Waals surface area (Å²) in [6.45, 7) is 15.2. The predicted octanol–water partition coefficient (Wildman–Crippen LogP) is 5.88. The number of hydrogen-bond donors (Lipinski definition) is 1. The van der Waals surface area contributed by atoms with E-state index in [1.54, 1.807) is 6.08 Å². The topological polar surface area (TPSA) is 40.9 Å². The fourth-order valence-electron chi connectivity index (χ4n) is 3.92. The number of nitrogens with one attached hydrogen (secondary N) is 1. The van der Waals surface area contributed by atoms with Crippen LogP contribution < -0.4 is 0 Å². The van der Waals surface area contributed by atoms with E-state index >= 15 is 0 Å². The third-order valence-corrected chi connectivity index (χ3v) is 5.01. The molecule has 0 aromatic heterocycles. The van der Waals surface area contributed by atoms with E-state index in [0.29, 0.717) is 5.57 Å². The molecule has 2 rings (SSSR count). The molecular weight excluding hydrogens is 306 g/mol. The quantitative estimate of drug-likeness (QED) is 0.685. The van der Waals surface area contributed by atoms with Gasteiger partial charge in [0.15, 0.2) is 0 Å². The third-order valence-electron chi connectivity index (χ3n) is 5.01. The summed E-state index contributed by atoms with van der Waals surface area (Å²) in [7, 11) is 0. The maximum absolute atomic E-state index is 12.8. The van der Waals surface area contributed by atoms with E-state index in [2.05, 4.69) is 60.6 Å². The van der Waals surface area contributed by atoms with Gasteiger partial charge in [0.2, 0.25) is 5.78 Å². The number of Topliss-reactive ketones (excluding diaryl/α,β-unsaturated/α-hetero) is 1. The van der Waals surface area contributed by atoms with Gasteiger partial charge >= 0.3 is 0 Å².